The Balaban J connectivity index is 1.65. The van der Waals surface area contributed by atoms with E-state index in [1.165, 1.54) is 0 Å². The smallest absolute Gasteiger partial charge is 0.325 e. The lowest BCUT2D eigenvalue weighted by Gasteiger charge is -2.07. The topological polar surface area (TPSA) is 96.1 Å². The highest BCUT2D eigenvalue weighted by atomic mass is 16.5. The number of nitrogens with zero attached hydrogens (tertiary/aromatic N) is 1. The first kappa shape index (κ1) is 18.2. The molecule has 7 heteroatoms. The van der Waals surface area contributed by atoms with E-state index in [4.69, 9.17) is 4.74 Å². The van der Waals surface area contributed by atoms with Gasteiger partial charge in [0.25, 0.3) is 5.91 Å². The lowest BCUT2D eigenvalue weighted by atomic mass is 10.2. The number of hydrogen-bond donors (Lipinski definition) is 3. The fourth-order valence-corrected chi connectivity index (χ4v) is 2.49. The van der Waals surface area contributed by atoms with Gasteiger partial charge in [-0.1, -0.05) is 36.4 Å². The van der Waals surface area contributed by atoms with E-state index in [0.29, 0.717) is 17.2 Å². The number of ether oxygens (including phenoxy) is 1. The number of carbonyl (C=O) groups excluding carboxylic acids is 2. The number of anilines is 2. The summed E-state index contributed by atoms with van der Waals surface area (Å²) in [5, 5.41) is 5.67. The first-order valence-corrected chi connectivity index (χ1v) is 8.57. The number of rotatable bonds is 7. The van der Waals surface area contributed by atoms with Crippen LogP contribution in [0.25, 0.3) is 11.3 Å². The van der Waals surface area contributed by atoms with Crippen molar-refractivity contribution in [2.24, 2.45) is 0 Å². The number of aromatic nitrogens is 2. The quantitative estimate of drug-likeness (QED) is 0.560. The maximum atomic E-state index is 12.2. The molecule has 0 saturated heterocycles. The third-order valence-corrected chi connectivity index (χ3v) is 3.75. The molecule has 2 aromatic carbocycles. The van der Waals surface area contributed by atoms with Crippen LogP contribution in [-0.2, 0) is 9.53 Å². The van der Waals surface area contributed by atoms with Crippen LogP contribution < -0.4 is 10.6 Å². The van der Waals surface area contributed by atoms with Gasteiger partial charge in [-0.25, -0.2) is 4.98 Å². The van der Waals surface area contributed by atoms with E-state index < -0.39 is 5.97 Å². The van der Waals surface area contributed by atoms with Crippen molar-refractivity contribution >= 4 is 23.5 Å². The zero-order chi connectivity index (χ0) is 19.1. The predicted octanol–water partition coefficient (Wildman–Crippen LogP) is 3.11. The van der Waals surface area contributed by atoms with E-state index in [2.05, 4.69) is 20.6 Å². The molecule has 1 heterocycles. The fraction of sp³-hybridized carbons (Fsp3) is 0.150. The summed E-state index contributed by atoms with van der Waals surface area (Å²) < 4.78 is 4.79. The molecule has 0 bridgehead atoms. The van der Waals surface area contributed by atoms with Gasteiger partial charge in [0.15, 0.2) is 0 Å². The van der Waals surface area contributed by atoms with E-state index in [-0.39, 0.29) is 19.1 Å². The molecule has 0 saturated carbocycles. The van der Waals surface area contributed by atoms with E-state index >= 15 is 0 Å². The van der Waals surface area contributed by atoms with Crippen molar-refractivity contribution in [3.63, 3.8) is 0 Å². The highest BCUT2D eigenvalue weighted by Crippen LogP contribution is 2.20. The third kappa shape index (κ3) is 4.94. The monoisotopic (exact) mass is 364 g/mol. The molecule has 0 aliphatic carbocycles. The van der Waals surface area contributed by atoms with Crippen molar-refractivity contribution < 1.29 is 14.3 Å². The van der Waals surface area contributed by atoms with Crippen molar-refractivity contribution in [1.82, 2.24) is 15.3 Å². The maximum absolute atomic E-state index is 12.2. The van der Waals surface area contributed by atoms with Gasteiger partial charge in [-0.15, -0.1) is 0 Å². The first-order valence-electron chi connectivity index (χ1n) is 8.57. The molecule has 3 aromatic rings. The summed E-state index contributed by atoms with van der Waals surface area (Å²) in [7, 11) is 0. The number of H-pyrrole nitrogens is 1. The van der Waals surface area contributed by atoms with Crippen LogP contribution in [-0.4, -0.2) is 35.0 Å². The molecule has 27 heavy (non-hydrogen) atoms. The largest absolute Gasteiger partial charge is 0.465 e. The normalized spacial score (nSPS) is 10.3. The van der Waals surface area contributed by atoms with E-state index in [1.807, 2.05) is 36.4 Å². The van der Waals surface area contributed by atoms with Crippen molar-refractivity contribution in [3.05, 3.63) is 66.4 Å². The van der Waals surface area contributed by atoms with Crippen LogP contribution in [0.5, 0.6) is 0 Å². The summed E-state index contributed by atoms with van der Waals surface area (Å²) in [6.07, 6.45) is 1.74. The second-order valence-corrected chi connectivity index (χ2v) is 5.71. The molecular weight excluding hydrogens is 344 g/mol. The van der Waals surface area contributed by atoms with Gasteiger partial charge in [-0.05, 0) is 30.7 Å². The minimum atomic E-state index is -0.468. The van der Waals surface area contributed by atoms with Gasteiger partial charge in [-0.2, -0.15) is 0 Å². The highest BCUT2D eigenvalue weighted by Gasteiger charge is 2.10. The second-order valence-electron chi connectivity index (χ2n) is 5.71. The zero-order valence-corrected chi connectivity index (χ0v) is 14.9. The van der Waals surface area contributed by atoms with Crippen LogP contribution >= 0.6 is 0 Å². The highest BCUT2D eigenvalue weighted by molar-refractivity contribution is 5.96. The Morgan fingerprint density at radius 2 is 1.93 bits per heavy atom. The number of hydrogen-bond acceptors (Lipinski definition) is 5. The summed E-state index contributed by atoms with van der Waals surface area (Å²) in [5.74, 6) is -0.252. The van der Waals surface area contributed by atoms with E-state index in [9.17, 15) is 9.59 Å². The molecule has 0 radical (unpaired) electrons. The van der Waals surface area contributed by atoms with E-state index in [1.54, 1.807) is 31.3 Å². The van der Waals surface area contributed by atoms with Gasteiger partial charge >= 0.3 is 5.97 Å². The lowest BCUT2D eigenvalue weighted by Crippen LogP contribution is -2.30. The zero-order valence-electron chi connectivity index (χ0n) is 14.9. The Hall–Kier alpha value is -3.61. The number of esters is 1. The molecule has 0 spiro atoms. The van der Waals surface area contributed by atoms with Gasteiger partial charge in [0.05, 0.1) is 18.5 Å². The Morgan fingerprint density at radius 1 is 1.11 bits per heavy atom. The average molecular weight is 364 g/mol. The number of carbonyl (C=O) groups is 2. The summed E-state index contributed by atoms with van der Waals surface area (Å²) >= 11 is 0. The predicted molar refractivity (Wildman–Crippen MR) is 103 cm³/mol. The number of amides is 1. The van der Waals surface area contributed by atoms with Gasteiger partial charge in [0, 0.05) is 11.3 Å². The standard InChI is InChI=1S/C20H20N4O3/c1-2-27-18(25)13-21-19(26)15-9-6-10-16(11-15)23-20-22-12-17(24-20)14-7-4-3-5-8-14/h3-12H,2,13H2,1H3,(H,21,26)(H2,22,23,24). The molecule has 0 fully saturated rings. The summed E-state index contributed by atoms with van der Waals surface area (Å²) in [5.41, 5.74) is 3.05. The number of benzene rings is 2. The van der Waals surface area contributed by atoms with Gasteiger partial charge in [0.1, 0.15) is 6.54 Å². The van der Waals surface area contributed by atoms with Crippen LogP contribution in [0, 0.1) is 0 Å². The van der Waals surface area contributed by atoms with Crippen LogP contribution in [0.1, 0.15) is 17.3 Å². The summed E-state index contributed by atoms with van der Waals surface area (Å²) in [6.45, 7) is 1.83. The molecular formula is C20H20N4O3. The van der Waals surface area contributed by atoms with Gasteiger partial charge < -0.3 is 20.4 Å². The SMILES string of the molecule is CCOC(=O)CNC(=O)c1cccc(Nc2ncc(-c3ccccc3)[nH]2)c1. The van der Waals surface area contributed by atoms with E-state index in [0.717, 1.165) is 11.3 Å². The minimum absolute atomic E-state index is 0.164. The Morgan fingerprint density at radius 3 is 2.70 bits per heavy atom. The first-order chi connectivity index (χ1) is 13.2. The minimum Gasteiger partial charge on any atom is -0.465 e. The Labute approximate surface area is 156 Å². The van der Waals surface area contributed by atoms with Crippen molar-refractivity contribution in [3.8, 4) is 11.3 Å². The number of imidazole rings is 1. The number of nitrogens with one attached hydrogen (secondary N) is 3. The van der Waals surface area contributed by atoms with Gasteiger partial charge in [0.2, 0.25) is 5.95 Å². The molecule has 1 amide bonds. The van der Waals surface area contributed by atoms with Crippen LogP contribution in [0.2, 0.25) is 0 Å². The molecule has 0 unspecified atom stereocenters. The molecule has 0 aliphatic rings. The Bertz CT molecular complexity index is 922. The number of aromatic amines is 1. The van der Waals surface area contributed by atoms with Gasteiger partial charge in [-0.3, -0.25) is 9.59 Å². The molecule has 7 nitrogen and oxygen atoms in total. The van der Waals surface area contributed by atoms with Crippen molar-refractivity contribution in [1.29, 1.82) is 0 Å². The molecule has 0 aliphatic heterocycles. The summed E-state index contributed by atoms with van der Waals surface area (Å²) in [6, 6.07) is 16.8. The molecule has 3 N–H and O–H groups in total. The van der Waals surface area contributed by atoms with Crippen LogP contribution in [0.15, 0.2) is 60.8 Å². The molecule has 138 valence electrons. The molecule has 0 atom stereocenters. The maximum Gasteiger partial charge on any atom is 0.325 e. The third-order valence-electron chi connectivity index (χ3n) is 3.75. The summed E-state index contributed by atoms with van der Waals surface area (Å²) in [4.78, 5) is 31.0. The fourth-order valence-electron chi connectivity index (χ4n) is 2.49. The second kappa shape index (κ2) is 8.66. The molecule has 3 rings (SSSR count). The lowest BCUT2D eigenvalue weighted by molar-refractivity contribution is -0.141. The van der Waals surface area contributed by atoms with Crippen molar-refractivity contribution in [2.75, 3.05) is 18.5 Å². The molecule has 1 aromatic heterocycles. The Kier molecular flexibility index (Phi) is 5.84. The van der Waals surface area contributed by atoms with Crippen LogP contribution in [0.3, 0.4) is 0 Å². The van der Waals surface area contributed by atoms with Crippen LogP contribution in [0.4, 0.5) is 11.6 Å². The average Bonchev–Trinajstić information content (AvgIpc) is 3.16. The van der Waals surface area contributed by atoms with Crippen molar-refractivity contribution in [2.45, 2.75) is 6.92 Å².